The molecule has 3 aromatic heterocycles. The van der Waals surface area contributed by atoms with E-state index in [1.54, 1.807) is 0 Å². The molecule has 3 atom stereocenters. The molecule has 1 saturated carbocycles. The summed E-state index contributed by atoms with van der Waals surface area (Å²) in [6, 6.07) is 5.48. The third kappa shape index (κ3) is 6.58. The van der Waals surface area contributed by atoms with Gasteiger partial charge in [-0.3, -0.25) is 28.2 Å². The van der Waals surface area contributed by atoms with Gasteiger partial charge >= 0.3 is 0 Å². The lowest BCUT2D eigenvalue weighted by molar-refractivity contribution is -0.123. The molecule has 3 heterocycles. The average molecular weight is 853 g/mol. The number of fused-ring (bicyclic) bond motifs is 5. The van der Waals surface area contributed by atoms with Crippen LogP contribution in [0.2, 0.25) is 5.02 Å². The number of nitrogens with zero attached hydrogens (tertiary/aromatic N) is 6. The van der Waals surface area contributed by atoms with Crippen molar-refractivity contribution in [3.05, 3.63) is 104 Å². The summed E-state index contributed by atoms with van der Waals surface area (Å²) < 4.78 is 138. The van der Waals surface area contributed by atoms with Crippen molar-refractivity contribution >= 4 is 55.2 Å². The SMILES string of the molecule is COc1cc(F)c2c(=O)n(-c3ccc(Cl)c4c(NS(C)(=O)=O)nn(C)c34)c([C@H](Cc3cc(F)cc(F)c3)NC(=O)Cn3nc(C(F)F)c4c3C(F)(F)[C@@H]3C[C@H]43)nc2c1. The van der Waals surface area contributed by atoms with Crippen LogP contribution in [-0.2, 0) is 40.8 Å². The Kier molecular flexibility index (Phi) is 9.25. The monoisotopic (exact) mass is 852 g/mol. The highest BCUT2D eigenvalue weighted by Crippen LogP contribution is 2.68. The van der Waals surface area contributed by atoms with Crippen LogP contribution in [0.25, 0.3) is 27.5 Å². The first-order valence-electron chi connectivity index (χ1n) is 17.2. The number of benzene rings is 3. The number of nitrogens with one attached hydrogen (secondary N) is 2. The Morgan fingerprint density at radius 3 is 2.43 bits per heavy atom. The Hall–Kier alpha value is -5.70. The number of aryl methyl sites for hydroxylation is 1. The quantitative estimate of drug-likeness (QED) is 0.147. The molecule has 13 nitrogen and oxygen atoms in total. The molecule has 22 heteroatoms. The maximum atomic E-state index is 15.8. The number of rotatable bonds is 11. The summed E-state index contributed by atoms with van der Waals surface area (Å²) >= 11 is 6.53. The number of carbonyl (C=O) groups is 1. The minimum atomic E-state index is -3.95. The van der Waals surface area contributed by atoms with Gasteiger partial charge in [-0.2, -0.15) is 19.0 Å². The summed E-state index contributed by atoms with van der Waals surface area (Å²) in [5.41, 5.74) is -3.69. The summed E-state index contributed by atoms with van der Waals surface area (Å²) in [4.78, 5) is 33.2. The topological polar surface area (TPSA) is 155 Å². The van der Waals surface area contributed by atoms with Crippen LogP contribution in [0.3, 0.4) is 0 Å². The van der Waals surface area contributed by atoms with E-state index in [1.807, 2.05) is 0 Å². The second kappa shape index (κ2) is 13.7. The third-order valence-corrected chi connectivity index (χ3v) is 10.9. The normalized spacial score (nSPS) is 17.4. The van der Waals surface area contributed by atoms with Crippen LogP contribution >= 0.6 is 11.6 Å². The molecular formula is C36H28ClF7N8O5S. The van der Waals surface area contributed by atoms with Gasteiger partial charge in [-0.25, -0.2) is 35.4 Å². The molecule has 6 aromatic rings. The van der Waals surface area contributed by atoms with Crippen molar-refractivity contribution in [2.75, 3.05) is 18.1 Å². The van der Waals surface area contributed by atoms with Crippen molar-refractivity contribution in [3.63, 3.8) is 0 Å². The number of hydrogen-bond acceptors (Lipinski definition) is 8. The van der Waals surface area contributed by atoms with Gasteiger partial charge in [0.25, 0.3) is 17.9 Å². The number of anilines is 1. The molecule has 3 aromatic carbocycles. The van der Waals surface area contributed by atoms with Crippen LogP contribution < -0.4 is 20.3 Å². The van der Waals surface area contributed by atoms with Gasteiger partial charge < -0.3 is 10.1 Å². The zero-order valence-electron chi connectivity index (χ0n) is 30.1. The standard InChI is InChI=1S/C36H28ClF7N8O5S/c1-50-30-24(5-4-20(37)27(30)33(48-50)49-58(3,55)56)52-34(46-22-11-17(57-2)10-21(40)28(22)35(52)54)23(8-14-6-15(38)9-16(39)7-14)45-25(53)13-51-31-26(29(47-51)32(41)42)18-12-19(18)36(31,43)44/h4-7,9-11,18-19,23,32H,8,12-13H2,1-3H3,(H,45,53)(H,48,49)/t18-,19+,23-/m0/s1. The largest absolute Gasteiger partial charge is 0.497 e. The lowest BCUT2D eigenvalue weighted by Gasteiger charge is -2.24. The van der Waals surface area contributed by atoms with Crippen LogP contribution in [0.15, 0.2) is 47.3 Å². The highest BCUT2D eigenvalue weighted by Gasteiger charge is 2.67. The minimum Gasteiger partial charge on any atom is -0.497 e. The number of hydrogen-bond donors (Lipinski definition) is 2. The molecule has 2 N–H and O–H groups in total. The van der Waals surface area contributed by atoms with Gasteiger partial charge in [0.05, 0.1) is 46.5 Å². The number of sulfonamides is 1. The van der Waals surface area contributed by atoms with E-state index in [1.165, 1.54) is 32.4 Å². The van der Waals surface area contributed by atoms with Crippen molar-refractivity contribution in [2.24, 2.45) is 13.0 Å². The zero-order valence-corrected chi connectivity index (χ0v) is 31.7. The van der Waals surface area contributed by atoms with Gasteiger partial charge in [0.1, 0.15) is 52.3 Å². The fourth-order valence-electron chi connectivity index (χ4n) is 7.75. The van der Waals surface area contributed by atoms with Crippen molar-refractivity contribution < 1.29 is 48.7 Å². The third-order valence-electron chi connectivity index (χ3n) is 10.1. The number of aromatic nitrogens is 6. The molecule has 0 radical (unpaired) electrons. The van der Waals surface area contributed by atoms with Gasteiger partial charge in [-0.05, 0) is 42.2 Å². The van der Waals surface area contributed by atoms with Crippen molar-refractivity contribution in [3.8, 4) is 11.4 Å². The molecule has 1 fully saturated rings. The number of alkyl halides is 4. The predicted octanol–water partition coefficient (Wildman–Crippen LogP) is 6.17. The van der Waals surface area contributed by atoms with Crippen LogP contribution in [0.4, 0.5) is 36.6 Å². The molecule has 1 amide bonds. The van der Waals surface area contributed by atoms with E-state index in [0.29, 0.717) is 10.7 Å². The summed E-state index contributed by atoms with van der Waals surface area (Å²) in [7, 11) is -1.35. The van der Waals surface area contributed by atoms with E-state index >= 15 is 13.2 Å². The molecule has 2 aliphatic rings. The van der Waals surface area contributed by atoms with E-state index in [4.69, 9.17) is 16.3 Å². The van der Waals surface area contributed by atoms with Gasteiger partial charge in [-0.1, -0.05) is 11.6 Å². The summed E-state index contributed by atoms with van der Waals surface area (Å²) in [6.07, 6.45) is -2.95. The Bertz CT molecular complexity index is 2880. The summed E-state index contributed by atoms with van der Waals surface area (Å²) in [6.45, 7) is -1.04. The molecule has 304 valence electrons. The maximum Gasteiger partial charge on any atom is 0.293 e. The van der Waals surface area contributed by atoms with Crippen molar-refractivity contribution in [1.29, 1.82) is 0 Å². The number of methoxy groups -OCH3 is 1. The van der Waals surface area contributed by atoms with E-state index < -0.39 is 105 Å². The fourth-order valence-corrected chi connectivity index (χ4v) is 8.49. The second-order valence-electron chi connectivity index (χ2n) is 14.0. The molecule has 8 rings (SSSR count). The molecule has 2 aliphatic carbocycles. The minimum absolute atomic E-state index is 0.00799. The van der Waals surface area contributed by atoms with Crippen molar-refractivity contribution in [2.45, 2.75) is 43.7 Å². The van der Waals surface area contributed by atoms with Crippen LogP contribution in [0.1, 0.15) is 53.1 Å². The van der Waals surface area contributed by atoms with Gasteiger partial charge in [0, 0.05) is 43.1 Å². The second-order valence-corrected chi connectivity index (χ2v) is 16.2. The molecule has 58 heavy (non-hydrogen) atoms. The predicted molar refractivity (Wildman–Crippen MR) is 194 cm³/mol. The Labute approximate surface area is 327 Å². The van der Waals surface area contributed by atoms with Crippen LogP contribution in [0.5, 0.6) is 5.75 Å². The molecular weight excluding hydrogens is 825 g/mol. The first-order chi connectivity index (χ1) is 27.3. The zero-order chi connectivity index (χ0) is 41.7. The Morgan fingerprint density at radius 1 is 1.07 bits per heavy atom. The highest BCUT2D eigenvalue weighted by atomic mass is 35.5. The Morgan fingerprint density at radius 2 is 1.78 bits per heavy atom. The number of amides is 1. The van der Waals surface area contributed by atoms with E-state index in [9.17, 15) is 35.6 Å². The van der Waals surface area contributed by atoms with E-state index in [0.717, 1.165) is 33.7 Å². The fraction of sp³-hybridized carbons (Fsp3) is 0.306. The molecule has 0 aliphatic heterocycles. The summed E-state index contributed by atoms with van der Waals surface area (Å²) in [5, 5.41) is 9.80. The highest BCUT2D eigenvalue weighted by molar-refractivity contribution is 7.92. The number of ether oxygens (including phenoxy) is 1. The smallest absolute Gasteiger partial charge is 0.293 e. The van der Waals surface area contributed by atoms with Gasteiger partial charge in [0.2, 0.25) is 15.9 Å². The Balaban J connectivity index is 1.35. The lowest BCUT2D eigenvalue weighted by atomic mass is 10.0. The van der Waals surface area contributed by atoms with Crippen molar-refractivity contribution in [1.82, 2.24) is 34.4 Å². The maximum absolute atomic E-state index is 15.8. The van der Waals surface area contributed by atoms with Gasteiger partial charge in [-0.15, -0.1) is 0 Å². The van der Waals surface area contributed by atoms with E-state index in [-0.39, 0.29) is 56.2 Å². The average Bonchev–Trinajstić information content (AvgIpc) is 3.66. The molecule has 0 saturated heterocycles. The van der Waals surface area contributed by atoms with E-state index in [2.05, 4.69) is 25.2 Å². The number of carbonyl (C=O) groups excluding carboxylic acids is 1. The first kappa shape index (κ1) is 39.1. The van der Waals surface area contributed by atoms with Crippen LogP contribution in [-0.4, -0.2) is 56.8 Å². The molecule has 0 unspecified atom stereocenters. The molecule has 0 bridgehead atoms. The lowest BCUT2D eigenvalue weighted by Crippen LogP contribution is -2.38. The summed E-state index contributed by atoms with van der Waals surface area (Å²) in [5.74, 6) is -10.7. The first-order valence-corrected chi connectivity index (χ1v) is 19.5. The number of halogens is 8. The van der Waals surface area contributed by atoms with Crippen LogP contribution in [0, 0.1) is 23.4 Å². The molecule has 0 spiro atoms. The van der Waals surface area contributed by atoms with Gasteiger partial charge in [0.15, 0.2) is 5.82 Å².